The van der Waals surface area contributed by atoms with Gasteiger partial charge in [0, 0.05) is 23.1 Å². The van der Waals surface area contributed by atoms with Crippen LogP contribution in [-0.2, 0) is 11.2 Å². The highest BCUT2D eigenvalue weighted by atomic mass is 35.5. The summed E-state index contributed by atoms with van der Waals surface area (Å²) in [6, 6.07) is 10.2. The molecule has 2 N–H and O–H groups in total. The topological polar surface area (TPSA) is 74.6 Å². The summed E-state index contributed by atoms with van der Waals surface area (Å²) < 4.78 is 0. The average Bonchev–Trinajstić information content (AvgIpc) is 3.10. The van der Waals surface area contributed by atoms with Crippen LogP contribution in [0.15, 0.2) is 41.7 Å². The van der Waals surface area contributed by atoms with Gasteiger partial charge in [-0.2, -0.15) is 0 Å². The largest absolute Gasteiger partial charge is 0.411 e. The molecule has 1 heterocycles. The minimum atomic E-state index is -0.0848. The van der Waals surface area contributed by atoms with Crippen molar-refractivity contribution in [1.29, 1.82) is 0 Å². The minimum Gasteiger partial charge on any atom is -0.411 e. The molecule has 2 aromatic rings. The maximum Gasteiger partial charge on any atom is 0.225 e. The highest BCUT2D eigenvalue weighted by Crippen LogP contribution is 2.62. The Kier molecular flexibility index (Phi) is 5.94. The van der Waals surface area contributed by atoms with Crippen molar-refractivity contribution in [2.75, 3.05) is 5.32 Å². The summed E-state index contributed by atoms with van der Waals surface area (Å²) in [5, 5.41) is 17.4. The lowest BCUT2D eigenvalue weighted by Gasteiger charge is -2.50. The minimum absolute atomic E-state index is 0.00359. The SMILES string of the molecule is Cc1cccnc1NC(=O)CC[C@@H]1C/C(=N\O)[C@@]2(C)CCC3c4ccc(Cl)cc4CCC3C12. The molecule has 6 heteroatoms. The maximum absolute atomic E-state index is 12.7. The van der Waals surface area contributed by atoms with E-state index in [0.29, 0.717) is 35.9 Å². The van der Waals surface area contributed by atoms with Crippen LogP contribution in [0.5, 0.6) is 0 Å². The smallest absolute Gasteiger partial charge is 0.225 e. The third-order valence-electron chi connectivity index (χ3n) is 8.69. The average molecular weight is 466 g/mol. The number of hydrogen-bond donors (Lipinski definition) is 2. The number of amides is 1. The number of anilines is 1. The predicted molar refractivity (Wildman–Crippen MR) is 131 cm³/mol. The molecule has 3 aliphatic carbocycles. The Morgan fingerprint density at radius 3 is 2.97 bits per heavy atom. The summed E-state index contributed by atoms with van der Waals surface area (Å²) in [4.78, 5) is 17.0. The van der Waals surface area contributed by atoms with E-state index in [2.05, 4.69) is 34.5 Å². The van der Waals surface area contributed by atoms with Gasteiger partial charge in [-0.3, -0.25) is 4.79 Å². The number of carbonyl (C=O) groups excluding carboxylic acids is 1. The van der Waals surface area contributed by atoms with E-state index in [1.807, 2.05) is 25.1 Å². The molecule has 0 spiro atoms. The molecule has 0 aliphatic heterocycles. The molecule has 2 saturated carbocycles. The number of fused-ring (bicyclic) bond motifs is 5. The Bertz CT molecular complexity index is 1100. The number of hydrogen-bond acceptors (Lipinski definition) is 4. The molecular formula is C27H32ClN3O2. The van der Waals surface area contributed by atoms with E-state index in [0.717, 1.165) is 54.8 Å². The third-order valence-corrected chi connectivity index (χ3v) is 8.93. The zero-order chi connectivity index (χ0) is 23.2. The van der Waals surface area contributed by atoms with Crippen molar-refractivity contribution in [3.05, 3.63) is 58.2 Å². The highest BCUT2D eigenvalue weighted by molar-refractivity contribution is 6.30. The van der Waals surface area contributed by atoms with E-state index >= 15 is 0 Å². The van der Waals surface area contributed by atoms with E-state index in [1.54, 1.807) is 6.20 Å². The Hall–Kier alpha value is -2.40. The summed E-state index contributed by atoms with van der Waals surface area (Å²) in [6.07, 6.45) is 8.04. The monoisotopic (exact) mass is 465 g/mol. The van der Waals surface area contributed by atoms with Gasteiger partial charge in [-0.1, -0.05) is 35.8 Å². The van der Waals surface area contributed by atoms with E-state index in [1.165, 1.54) is 11.1 Å². The highest BCUT2D eigenvalue weighted by Gasteiger charge is 2.57. The number of aryl methyl sites for hydroxylation is 2. The van der Waals surface area contributed by atoms with Crippen LogP contribution in [0, 0.1) is 30.1 Å². The Labute approximate surface area is 200 Å². The van der Waals surface area contributed by atoms with Crippen LogP contribution >= 0.6 is 11.6 Å². The van der Waals surface area contributed by atoms with E-state index in [9.17, 15) is 10.0 Å². The molecule has 174 valence electrons. The van der Waals surface area contributed by atoms with E-state index in [-0.39, 0.29) is 11.3 Å². The van der Waals surface area contributed by atoms with Gasteiger partial charge in [0.1, 0.15) is 5.82 Å². The second kappa shape index (κ2) is 8.75. The lowest BCUT2D eigenvalue weighted by molar-refractivity contribution is -0.116. The maximum atomic E-state index is 12.7. The first-order valence-corrected chi connectivity index (χ1v) is 12.5. The first-order valence-electron chi connectivity index (χ1n) is 12.1. The second-order valence-electron chi connectivity index (χ2n) is 10.4. The van der Waals surface area contributed by atoms with Crippen molar-refractivity contribution in [3.63, 3.8) is 0 Å². The fourth-order valence-electron chi connectivity index (χ4n) is 7.18. The van der Waals surface area contributed by atoms with Crippen LogP contribution in [0.4, 0.5) is 5.82 Å². The molecule has 1 amide bonds. The number of halogens is 1. The number of rotatable bonds is 4. The quantitative estimate of drug-likeness (QED) is 0.406. The van der Waals surface area contributed by atoms with Gasteiger partial charge in [0.2, 0.25) is 5.91 Å². The van der Waals surface area contributed by atoms with Gasteiger partial charge in [0.25, 0.3) is 0 Å². The van der Waals surface area contributed by atoms with Crippen LogP contribution in [0.2, 0.25) is 5.02 Å². The lowest BCUT2D eigenvalue weighted by atomic mass is 9.54. The fraction of sp³-hybridized carbons (Fsp3) is 0.519. The van der Waals surface area contributed by atoms with Crippen LogP contribution < -0.4 is 5.32 Å². The number of pyridine rings is 1. The molecule has 3 aliphatic rings. The summed E-state index contributed by atoms with van der Waals surface area (Å²) in [5.41, 5.74) is 4.65. The van der Waals surface area contributed by atoms with Crippen LogP contribution in [-0.4, -0.2) is 21.8 Å². The first-order chi connectivity index (χ1) is 15.9. The number of aromatic nitrogens is 1. The van der Waals surface area contributed by atoms with Gasteiger partial charge in [-0.25, -0.2) is 4.98 Å². The van der Waals surface area contributed by atoms with Gasteiger partial charge < -0.3 is 10.5 Å². The van der Waals surface area contributed by atoms with Gasteiger partial charge in [-0.05, 0) is 104 Å². The van der Waals surface area contributed by atoms with E-state index < -0.39 is 0 Å². The molecule has 5 rings (SSSR count). The van der Waals surface area contributed by atoms with Crippen LogP contribution in [0.1, 0.15) is 68.1 Å². The van der Waals surface area contributed by atoms with Crippen LogP contribution in [0.25, 0.3) is 0 Å². The molecule has 0 radical (unpaired) electrons. The molecule has 3 unspecified atom stereocenters. The van der Waals surface area contributed by atoms with Crippen molar-refractivity contribution in [2.24, 2.45) is 28.3 Å². The van der Waals surface area contributed by atoms with Crippen LogP contribution in [0.3, 0.4) is 0 Å². The second-order valence-corrected chi connectivity index (χ2v) is 10.8. The molecule has 0 saturated heterocycles. The molecule has 5 nitrogen and oxygen atoms in total. The van der Waals surface area contributed by atoms with Gasteiger partial charge in [0.15, 0.2) is 0 Å². The lowest BCUT2D eigenvalue weighted by Crippen LogP contribution is -2.44. The molecule has 0 bridgehead atoms. The van der Waals surface area contributed by atoms with Crippen molar-refractivity contribution in [1.82, 2.24) is 4.98 Å². The standard InChI is InChI=1S/C27H32ClN3O2/c1-16-4-3-13-29-26(16)30-24(32)10-6-18-15-23(31-33)27(2)12-11-21-20-9-7-19(28)14-17(20)5-8-22(21)25(18)27/h3-4,7,9,13-14,18,21-22,25,33H,5-6,8,10-12,15H2,1-2H3,(H,29,30,32)/b31-23+/t18-,21?,22?,25?,27-/m1/s1. The normalized spacial score (nSPS) is 31.5. The summed E-state index contributed by atoms with van der Waals surface area (Å²) in [6.45, 7) is 4.24. The number of nitrogens with one attached hydrogen (secondary N) is 1. The van der Waals surface area contributed by atoms with Crippen molar-refractivity contribution in [2.45, 2.75) is 64.7 Å². The zero-order valence-electron chi connectivity index (χ0n) is 19.4. The van der Waals surface area contributed by atoms with Crippen molar-refractivity contribution < 1.29 is 10.0 Å². The Morgan fingerprint density at radius 2 is 2.18 bits per heavy atom. The number of benzene rings is 1. The van der Waals surface area contributed by atoms with Crippen molar-refractivity contribution in [3.8, 4) is 0 Å². The number of oxime groups is 1. The van der Waals surface area contributed by atoms with Gasteiger partial charge >= 0.3 is 0 Å². The van der Waals surface area contributed by atoms with Crippen molar-refractivity contribution >= 4 is 29.0 Å². The predicted octanol–water partition coefficient (Wildman–Crippen LogP) is 6.37. The summed E-state index contributed by atoms with van der Waals surface area (Å²) in [5.74, 6) is 2.48. The first kappa shape index (κ1) is 22.4. The Morgan fingerprint density at radius 1 is 1.33 bits per heavy atom. The van der Waals surface area contributed by atoms with Gasteiger partial charge in [0.05, 0.1) is 5.71 Å². The van der Waals surface area contributed by atoms with Gasteiger partial charge in [-0.15, -0.1) is 0 Å². The van der Waals surface area contributed by atoms with E-state index in [4.69, 9.17) is 11.6 Å². The summed E-state index contributed by atoms with van der Waals surface area (Å²) in [7, 11) is 0. The third kappa shape index (κ3) is 3.95. The zero-order valence-corrected chi connectivity index (χ0v) is 20.1. The summed E-state index contributed by atoms with van der Waals surface area (Å²) >= 11 is 6.28. The molecule has 2 fully saturated rings. The fourth-order valence-corrected chi connectivity index (χ4v) is 7.37. The number of carbonyl (C=O) groups is 1. The molecule has 33 heavy (non-hydrogen) atoms. The number of nitrogens with zero attached hydrogens (tertiary/aromatic N) is 2. The Balaban J connectivity index is 1.36. The molecular weight excluding hydrogens is 434 g/mol. The molecule has 1 aromatic heterocycles. The molecule has 1 aromatic carbocycles. The molecule has 5 atom stereocenters.